The third-order valence-corrected chi connectivity index (χ3v) is 8.74. The lowest BCUT2D eigenvalue weighted by atomic mass is 9.88. The van der Waals surface area contributed by atoms with Crippen LogP contribution in [0.4, 0.5) is 17.1 Å². The number of benzene rings is 4. The molecular formula is C35H27N3O6. The number of nitro groups is 1. The first kappa shape index (κ1) is 27.3. The molecule has 9 heteroatoms. The van der Waals surface area contributed by atoms with Crippen LogP contribution in [0.1, 0.15) is 28.4 Å². The van der Waals surface area contributed by atoms with Crippen molar-refractivity contribution >= 4 is 40.9 Å². The second kappa shape index (κ2) is 10.6. The molecule has 3 aliphatic heterocycles. The molecule has 3 aliphatic rings. The van der Waals surface area contributed by atoms with E-state index in [-0.39, 0.29) is 11.4 Å². The average molecular weight is 586 g/mol. The van der Waals surface area contributed by atoms with Crippen molar-refractivity contribution in [1.29, 1.82) is 0 Å². The number of para-hydroxylation sites is 1. The van der Waals surface area contributed by atoms with Crippen LogP contribution in [0.25, 0.3) is 6.08 Å². The van der Waals surface area contributed by atoms with Gasteiger partial charge in [-0.1, -0.05) is 97.1 Å². The lowest BCUT2D eigenvalue weighted by Gasteiger charge is -2.36. The number of fused-ring (bicyclic) bond motifs is 5. The van der Waals surface area contributed by atoms with Gasteiger partial charge in [0.15, 0.2) is 6.10 Å². The monoisotopic (exact) mass is 585 g/mol. The van der Waals surface area contributed by atoms with Crippen LogP contribution < -0.4 is 9.80 Å². The highest BCUT2D eigenvalue weighted by atomic mass is 16.6. The van der Waals surface area contributed by atoms with Gasteiger partial charge in [-0.05, 0) is 35.2 Å². The molecule has 9 nitrogen and oxygen atoms in total. The molecule has 44 heavy (non-hydrogen) atoms. The van der Waals surface area contributed by atoms with Crippen LogP contribution in [-0.2, 0) is 19.1 Å². The summed E-state index contributed by atoms with van der Waals surface area (Å²) in [6.45, 7) is 1.69. The van der Waals surface area contributed by atoms with E-state index in [4.69, 9.17) is 4.74 Å². The van der Waals surface area contributed by atoms with Gasteiger partial charge in [-0.25, -0.2) is 9.69 Å². The van der Waals surface area contributed by atoms with Gasteiger partial charge in [0.05, 0.1) is 28.5 Å². The summed E-state index contributed by atoms with van der Waals surface area (Å²) in [6.07, 6.45) is 3.01. The first-order chi connectivity index (χ1) is 21.3. The largest absolute Gasteiger partial charge is 0.451 e. The summed E-state index contributed by atoms with van der Waals surface area (Å²) in [5.41, 5.74) is 3.56. The number of esters is 1. The number of nitrogens with zero attached hydrogens (tertiary/aromatic N) is 3. The Kier molecular flexibility index (Phi) is 6.58. The minimum absolute atomic E-state index is 0.147. The average Bonchev–Trinajstić information content (AvgIpc) is 3.53. The molecule has 0 N–H and O–H groups in total. The number of rotatable bonds is 6. The van der Waals surface area contributed by atoms with Crippen LogP contribution >= 0.6 is 0 Å². The topological polar surface area (TPSA) is 110 Å². The number of carbonyl (C=O) groups is 3. The SMILES string of the molecule is Cc1ccc([N+](=O)[O-])cc1N1C(=O)C2C(C1=O)C(C(=O)OC(c1ccccc1)c1ccccc1)N1c3ccccc3C=CC21. The zero-order valence-electron chi connectivity index (χ0n) is 23.6. The quantitative estimate of drug-likeness (QED) is 0.125. The molecule has 0 aromatic heterocycles. The molecule has 0 saturated carbocycles. The van der Waals surface area contributed by atoms with Gasteiger partial charge in [-0.3, -0.25) is 19.7 Å². The molecule has 2 amide bonds. The number of anilines is 2. The van der Waals surface area contributed by atoms with Gasteiger partial charge in [0.2, 0.25) is 11.8 Å². The van der Waals surface area contributed by atoms with Crippen LogP contribution in [0.5, 0.6) is 0 Å². The number of nitro benzene ring substituents is 1. The summed E-state index contributed by atoms with van der Waals surface area (Å²) < 4.78 is 6.30. The predicted octanol–water partition coefficient (Wildman–Crippen LogP) is 5.63. The van der Waals surface area contributed by atoms with E-state index in [9.17, 15) is 24.5 Å². The predicted molar refractivity (Wildman–Crippen MR) is 164 cm³/mol. The van der Waals surface area contributed by atoms with Crippen LogP contribution in [-0.4, -0.2) is 34.8 Å². The van der Waals surface area contributed by atoms with Crippen molar-refractivity contribution in [3.05, 3.63) is 142 Å². The second-order valence-electron chi connectivity index (χ2n) is 11.2. The van der Waals surface area contributed by atoms with Crippen molar-refractivity contribution in [2.45, 2.75) is 25.1 Å². The highest BCUT2D eigenvalue weighted by Crippen LogP contribution is 2.50. The number of ether oxygens (including phenoxy) is 1. The standard InChI is InChI=1S/C35H27N3O6/c1-21-16-18-25(38(42)43)20-28(21)37-33(39)29-27-19-17-22-10-8-9-15-26(22)36(27)31(30(29)34(37)40)35(41)44-32(23-11-4-2-5-12-23)24-13-6-3-7-14-24/h2-20,27,29-32H,1H3. The van der Waals surface area contributed by atoms with E-state index in [1.54, 1.807) is 6.92 Å². The van der Waals surface area contributed by atoms with E-state index in [1.807, 2.05) is 102 Å². The Morgan fingerprint density at radius 2 is 1.43 bits per heavy atom. The van der Waals surface area contributed by atoms with Crippen LogP contribution in [0.15, 0.2) is 109 Å². The van der Waals surface area contributed by atoms with Crippen molar-refractivity contribution in [3.8, 4) is 0 Å². The third-order valence-electron chi connectivity index (χ3n) is 8.74. The zero-order valence-corrected chi connectivity index (χ0v) is 23.6. The highest BCUT2D eigenvalue weighted by Gasteiger charge is 2.65. The summed E-state index contributed by atoms with van der Waals surface area (Å²) in [5.74, 6) is -3.68. The molecule has 0 spiro atoms. The molecule has 0 aliphatic carbocycles. The normalized spacial score (nSPS) is 21.7. The van der Waals surface area contributed by atoms with Crippen molar-refractivity contribution in [2.24, 2.45) is 11.8 Å². The Bertz CT molecular complexity index is 1800. The summed E-state index contributed by atoms with van der Waals surface area (Å²) in [5, 5.41) is 11.6. The Hall–Kier alpha value is -5.57. The highest BCUT2D eigenvalue weighted by molar-refractivity contribution is 6.25. The molecule has 218 valence electrons. The first-order valence-corrected chi connectivity index (χ1v) is 14.3. The number of amides is 2. The molecular weight excluding hydrogens is 558 g/mol. The van der Waals surface area contributed by atoms with Crippen LogP contribution in [0.3, 0.4) is 0 Å². The zero-order chi connectivity index (χ0) is 30.5. The van der Waals surface area contributed by atoms with Crippen LogP contribution in [0.2, 0.25) is 0 Å². The fraction of sp³-hybridized carbons (Fsp3) is 0.171. The third kappa shape index (κ3) is 4.27. The Morgan fingerprint density at radius 3 is 2.09 bits per heavy atom. The van der Waals surface area contributed by atoms with Gasteiger partial charge in [0.25, 0.3) is 5.69 Å². The molecule has 0 bridgehead atoms. The van der Waals surface area contributed by atoms with Gasteiger partial charge in [0.1, 0.15) is 6.04 Å². The van der Waals surface area contributed by atoms with E-state index < -0.39 is 52.7 Å². The lowest BCUT2D eigenvalue weighted by Crippen LogP contribution is -2.49. The molecule has 7 rings (SSSR count). The number of imide groups is 1. The molecule has 2 saturated heterocycles. The fourth-order valence-corrected chi connectivity index (χ4v) is 6.74. The number of carbonyl (C=O) groups excluding carboxylic acids is 3. The van der Waals surface area contributed by atoms with E-state index in [1.165, 1.54) is 18.2 Å². The van der Waals surface area contributed by atoms with E-state index >= 15 is 0 Å². The molecule has 4 aromatic carbocycles. The maximum atomic E-state index is 14.5. The molecule has 4 unspecified atom stereocenters. The molecule has 4 aromatic rings. The van der Waals surface area contributed by atoms with Gasteiger partial charge in [-0.15, -0.1) is 0 Å². The molecule has 0 radical (unpaired) electrons. The summed E-state index contributed by atoms with van der Waals surface area (Å²) in [6, 6.07) is 28.6. The second-order valence-corrected chi connectivity index (χ2v) is 11.2. The maximum absolute atomic E-state index is 14.5. The van der Waals surface area contributed by atoms with Crippen molar-refractivity contribution in [1.82, 2.24) is 0 Å². The lowest BCUT2D eigenvalue weighted by molar-refractivity contribution is -0.384. The van der Waals surface area contributed by atoms with Crippen molar-refractivity contribution in [3.63, 3.8) is 0 Å². The van der Waals surface area contributed by atoms with Gasteiger partial charge in [0, 0.05) is 17.8 Å². The number of non-ortho nitro benzene ring substituents is 1. The number of aryl methyl sites for hydroxylation is 1. The van der Waals surface area contributed by atoms with Crippen LogP contribution in [0, 0.1) is 28.9 Å². The minimum atomic E-state index is -1.12. The number of hydrogen-bond donors (Lipinski definition) is 0. The van der Waals surface area contributed by atoms with Crippen molar-refractivity contribution in [2.75, 3.05) is 9.80 Å². The van der Waals surface area contributed by atoms with Crippen molar-refractivity contribution < 1.29 is 24.0 Å². The fourth-order valence-electron chi connectivity index (χ4n) is 6.74. The van der Waals surface area contributed by atoms with E-state index in [0.29, 0.717) is 5.56 Å². The van der Waals surface area contributed by atoms with Gasteiger partial charge >= 0.3 is 5.97 Å². The molecule has 2 fully saturated rings. The number of hydrogen-bond acceptors (Lipinski definition) is 7. The van der Waals surface area contributed by atoms with E-state index in [0.717, 1.165) is 27.3 Å². The summed E-state index contributed by atoms with van der Waals surface area (Å²) >= 11 is 0. The van der Waals surface area contributed by atoms with Gasteiger partial charge in [-0.2, -0.15) is 0 Å². The first-order valence-electron chi connectivity index (χ1n) is 14.3. The molecule has 3 heterocycles. The molecule has 4 atom stereocenters. The maximum Gasteiger partial charge on any atom is 0.330 e. The minimum Gasteiger partial charge on any atom is -0.451 e. The van der Waals surface area contributed by atoms with Gasteiger partial charge < -0.3 is 9.64 Å². The Labute approximate surface area is 253 Å². The Morgan fingerprint density at radius 1 is 0.818 bits per heavy atom. The summed E-state index contributed by atoms with van der Waals surface area (Å²) in [4.78, 5) is 56.8. The smallest absolute Gasteiger partial charge is 0.330 e. The Balaban J connectivity index is 1.33. The van der Waals surface area contributed by atoms with E-state index in [2.05, 4.69) is 0 Å². The summed E-state index contributed by atoms with van der Waals surface area (Å²) in [7, 11) is 0.